The van der Waals surface area contributed by atoms with Crippen LogP contribution in [0.2, 0.25) is 0 Å². The van der Waals surface area contributed by atoms with Crippen LogP contribution in [0.25, 0.3) is 5.69 Å². The summed E-state index contributed by atoms with van der Waals surface area (Å²) in [6.45, 7) is 0.555. The van der Waals surface area contributed by atoms with Crippen molar-refractivity contribution >= 4 is 5.82 Å². The van der Waals surface area contributed by atoms with Gasteiger partial charge in [-0.15, -0.1) is 0 Å². The molecule has 3 rings (SSSR count). The molecule has 1 aromatic heterocycles. The Bertz CT molecular complexity index is 1000. The molecule has 0 radical (unpaired) electrons. The van der Waals surface area contributed by atoms with Crippen molar-refractivity contribution in [2.75, 3.05) is 33.2 Å². The second-order valence-corrected chi connectivity index (χ2v) is 6.02. The standard InChI is InChI=1S/C21H23N3O4/c1-26-17-6-4-5-16(14-17)24-12-11-23-20(21(24)25)22-10-9-15-7-8-18(27-2)19(13-15)28-3/h4-8,11-14H,9-10H2,1-3H3,(H,22,23). The summed E-state index contributed by atoms with van der Waals surface area (Å²) in [5.74, 6) is 2.35. The van der Waals surface area contributed by atoms with E-state index in [9.17, 15) is 4.79 Å². The smallest absolute Gasteiger partial charge is 0.297 e. The number of rotatable bonds is 8. The minimum atomic E-state index is -0.219. The van der Waals surface area contributed by atoms with Gasteiger partial charge >= 0.3 is 0 Å². The molecule has 3 aromatic rings. The fraction of sp³-hybridized carbons (Fsp3) is 0.238. The highest BCUT2D eigenvalue weighted by Gasteiger charge is 2.08. The number of anilines is 1. The largest absolute Gasteiger partial charge is 0.497 e. The van der Waals surface area contributed by atoms with Crippen LogP contribution in [0.15, 0.2) is 59.7 Å². The second-order valence-electron chi connectivity index (χ2n) is 6.02. The van der Waals surface area contributed by atoms with E-state index in [0.29, 0.717) is 36.0 Å². The topological polar surface area (TPSA) is 74.6 Å². The minimum absolute atomic E-state index is 0.219. The fourth-order valence-corrected chi connectivity index (χ4v) is 2.86. The average Bonchev–Trinajstić information content (AvgIpc) is 2.74. The molecule has 0 bridgehead atoms. The molecule has 0 amide bonds. The van der Waals surface area contributed by atoms with Crippen LogP contribution >= 0.6 is 0 Å². The van der Waals surface area contributed by atoms with Gasteiger partial charge in [0.15, 0.2) is 17.3 Å². The predicted octanol–water partition coefficient (Wildman–Crippen LogP) is 2.91. The Labute approximate surface area is 163 Å². The summed E-state index contributed by atoms with van der Waals surface area (Å²) >= 11 is 0. The van der Waals surface area contributed by atoms with E-state index in [0.717, 1.165) is 11.3 Å². The number of aromatic nitrogens is 2. The Morgan fingerprint density at radius 1 is 1.00 bits per heavy atom. The molecule has 1 N–H and O–H groups in total. The molecule has 0 saturated carbocycles. The van der Waals surface area contributed by atoms with Crippen LogP contribution in [0, 0.1) is 0 Å². The molecule has 0 aliphatic heterocycles. The molecule has 7 heteroatoms. The maximum atomic E-state index is 12.8. The summed E-state index contributed by atoms with van der Waals surface area (Å²) in [7, 11) is 4.80. The van der Waals surface area contributed by atoms with Crippen molar-refractivity contribution in [2.45, 2.75) is 6.42 Å². The van der Waals surface area contributed by atoms with Crippen LogP contribution < -0.4 is 25.1 Å². The van der Waals surface area contributed by atoms with Gasteiger partial charge in [-0.1, -0.05) is 12.1 Å². The third-order valence-electron chi connectivity index (χ3n) is 4.33. The Kier molecular flexibility index (Phi) is 6.16. The number of benzene rings is 2. The van der Waals surface area contributed by atoms with Gasteiger partial charge in [0.1, 0.15) is 5.75 Å². The van der Waals surface area contributed by atoms with E-state index >= 15 is 0 Å². The number of methoxy groups -OCH3 is 3. The molecule has 0 spiro atoms. The van der Waals surface area contributed by atoms with Crippen molar-refractivity contribution < 1.29 is 14.2 Å². The number of nitrogens with one attached hydrogen (secondary N) is 1. The SMILES string of the molecule is COc1cccc(-n2ccnc(NCCc3ccc(OC)c(OC)c3)c2=O)c1. The lowest BCUT2D eigenvalue weighted by Crippen LogP contribution is -2.24. The Balaban J connectivity index is 1.73. The maximum Gasteiger partial charge on any atom is 0.297 e. The van der Waals surface area contributed by atoms with Crippen molar-refractivity contribution in [3.63, 3.8) is 0 Å². The Hall–Kier alpha value is -3.48. The first kappa shape index (κ1) is 19.3. The van der Waals surface area contributed by atoms with E-state index in [-0.39, 0.29) is 5.56 Å². The fourth-order valence-electron chi connectivity index (χ4n) is 2.86. The summed E-state index contributed by atoms with van der Waals surface area (Å²) in [4.78, 5) is 16.9. The summed E-state index contributed by atoms with van der Waals surface area (Å²) < 4.78 is 17.3. The average molecular weight is 381 g/mol. The number of hydrogen-bond acceptors (Lipinski definition) is 6. The van der Waals surface area contributed by atoms with Crippen molar-refractivity contribution in [3.05, 3.63) is 70.8 Å². The minimum Gasteiger partial charge on any atom is -0.497 e. The molecule has 7 nitrogen and oxygen atoms in total. The van der Waals surface area contributed by atoms with Gasteiger partial charge in [-0.3, -0.25) is 9.36 Å². The third-order valence-corrected chi connectivity index (χ3v) is 4.33. The highest BCUT2D eigenvalue weighted by molar-refractivity contribution is 5.44. The van der Waals surface area contributed by atoms with Crippen LogP contribution in [0.4, 0.5) is 5.82 Å². The van der Waals surface area contributed by atoms with Gasteiger partial charge in [-0.05, 0) is 36.2 Å². The monoisotopic (exact) mass is 381 g/mol. The van der Waals surface area contributed by atoms with Gasteiger partial charge in [0.05, 0.1) is 27.0 Å². The van der Waals surface area contributed by atoms with Crippen molar-refractivity contribution in [1.29, 1.82) is 0 Å². The maximum absolute atomic E-state index is 12.8. The molecule has 146 valence electrons. The third kappa shape index (κ3) is 4.25. The number of nitrogens with zero attached hydrogens (tertiary/aromatic N) is 2. The van der Waals surface area contributed by atoms with E-state index in [1.807, 2.05) is 36.4 Å². The van der Waals surface area contributed by atoms with Crippen molar-refractivity contribution in [2.24, 2.45) is 0 Å². The quantitative estimate of drug-likeness (QED) is 0.647. The van der Waals surface area contributed by atoms with Gasteiger partial charge in [-0.2, -0.15) is 0 Å². The second kappa shape index (κ2) is 8.94. The zero-order valence-corrected chi connectivity index (χ0v) is 16.1. The predicted molar refractivity (Wildman–Crippen MR) is 108 cm³/mol. The first-order valence-corrected chi connectivity index (χ1v) is 8.83. The Morgan fingerprint density at radius 3 is 2.57 bits per heavy atom. The molecule has 0 atom stereocenters. The molecule has 0 unspecified atom stereocenters. The van der Waals surface area contributed by atoms with Gasteiger partial charge in [0.2, 0.25) is 0 Å². The van der Waals surface area contributed by atoms with Crippen molar-refractivity contribution in [3.8, 4) is 22.9 Å². The summed E-state index contributed by atoms with van der Waals surface area (Å²) in [5, 5.41) is 3.12. The molecule has 0 aliphatic carbocycles. The molecule has 1 heterocycles. The molecule has 0 aliphatic rings. The van der Waals surface area contributed by atoms with Gasteiger partial charge < -0.3 is 19.5 Å². The van der Waals surface area contributed by atoms with E-state index < -0.39 is 0 Å². The van der Waals surface area contributed by atoms with E-state index in [4.69, 9.17) is 14.2 Å². The van der Waals surface area contributed by atoms with Crippen molar-refractivity contribution in [1.82, 2.24) is 9.55 Å². The summed E-state index contributed by atoms with van der Waals surface area (Å²) in [5.41, 5.74) is 1.56. The van der Waals surface area contributed by atoms with Crippen LogP contribution in [-0.2, 0) is 6.42 Å². The van der Waals surface area contributed by atoms with Crippen LogP contribution in [0.3, 0.4) is 0 Å². The summed E-state index contributed by atoms with van der Waals surface area (Å²) in [6.07, 6.45) is 3.94. The normalized spacial score (nSPS) is 10.4. The lowest BCUT2D eigenvalue weighted by Gasteiger charge is -2.11. The lowest BCUT2D eigenvalue weighted by atomic mass is 10.1. The first-order chi connectivity index (χ1) is 13.7. The number of hydrogen-bond donors (Lipinski definition) is 1. The Morgan fingerprint density at radius 2 is 1.82 bits per heavy atom. The zero-order valence-electron chi connectivity index (χ0n) is 16.1. The van der Waals surface area contributed by atoms with Crippen LogP contribution in [0.1, 0.15) is 5.56 Å². The number of ether oxygens (including phenoxy) is 3. The first-order valence-electron chi connectivity index (χ1n) is 8.83. The summed E-state index contributed by atoms with van der Waals surface area (Å²) in [6, 6.07) is 13.1. The van der Waals surface area contributed by atoms with E-state index in [1.54, 1.807) is 39.8 Å². The van der Waals surface area contributed by atoms with Gasteiger partial charge in [-0.25, -0.2) is 4.98 Å². The lowest BCUT2D eigenvalue weighted by molar-refractivity contribution is 0.354. The zero-order chi connectivity index (χ0) is 19.9. The molecule has 2 aromatic carbocycles. The molecule has 28 heavy (non-hydrogen) atoms. The van der Waals surface area contributed by atoms with Crippen LogP contribution in [0.5, 0.6) is 17.2 Å². The molecule has 0 saturated heterocycles. The molecule has 0 fully saturated rings. The molecular formula is C21H23N3O4. The molecular weight excluding hydrogens is 358 g/mol. The van der Waals surface area contributed by atoms with E-state index in [1.165, 1.54) is 4.57 Å². The highest BCUT2D eigenvalue weighted by atomic mass is 16.5. The van der Waals surface area contributed by atoms with Gasteiger partial charge in [0.25, 0.3) is 5.56 Å². The highest BCUT2D eigenvalue weighted by Crippen LogP contribution is 2.27. The van der Waals surface area contributed by atoms with Crippen LogP contribution in [-0.4, -0.2) is 37.4 Å². The van der Waals surface area contributed by atoms with E-state index in [2.05, 4.69) is 10.3 Å². The van der Waals surface area contributed by atoms with Gasteiger partial charge in [0, 0.05) is 25.0 Å².